The van der Waals surface area contributed by atoms with Gasteiger partial charge in [-0.15, -0.1) is 11.8 Å². The highest BCUT2D eigenvalue weighted by Gasteiger charge is 2.27. The Kier molecular flexibility index (Phi) is 10.4. The molecule has 1 N–H and O–H groups in total. The average Bonchev–Trinajstić information content (AvgIpc) is 2.82. The molecule has 1 atom stereocenters. The standard InChI is InChI=1S/C26H32Cl2N2O2S/c1-19(26(32)29-22-10-6-3-7-11-22)30(15-14-20-8-4-2-5-9-20)25(31)18-33-17-21-12-13-23(27)24(28)16-21/h2,4-5,8-9,12-13,16,19,22H,3,6-7,10-11,14-15,17-18H2,1H3,(H,29,32)/t19-/m1/s1. The molecule has 0 spiro atoms. The van der Waals surface area contributed by atoms with Gasteiger partial charge in [-0.1, -0.05) is 78.9 Å². The Morgan fingerprint density at radius 3 is 2.45 bits per heavy atom. The fourth-order valence-corrected chi connectivity index (χ4v) is 5.29. The number of carbonyl (C=O) groups is 2. The van der Waals surface area contributed by atoms with Gasteiger partial charge < -0.3 is 10.2 Å². The minimum Gasteiger partial charge on any atom is -0.352 e. The molecule has 0 aromatic heterocycles. The maximum atomic E-state index is 13.2. The first-order chi connectivity index (χ1) is 15.9. The molecule has 4 nitrogen and oxygen atoms in total. The number of hydrogen-bond donors (Lipinski definition) is 1. The Balaban J connectivity index is 1.60. The number of amides is 2. The van der Waals surface area contributed by atoms with E-state index in [4.69, 9.17) is 23.2 Å². The second kappa shape index (κ2) is 13.3. The summed E-state index contributed by atoms with van der Waals surface area (Å²) >= 11 is 13.6. The van der Waals surface area contributed by atoms with Gasteiger partial charge in [0.1, 0.15) is 6.04 Å². The SMILES string of the molecule is C[C@H](C(=O)NC1CCCCC1)N(CCc1ccccc1)C(=O)CSCc1ccc(Cl)c(Cl)c1. The van der Waals surface area contributed by atoms with Crippen molar-refractivity contribution < 1.29 is 9.59 Å². The van der Waals surface area contributed by atoms with E-state index in [9.17, 15) is 9.59 Å². The van der Waals surface area contributed by atoms with Gasteiger partial charge in [-0.25, -0.2) is 0 Å². The van der Waals surface area contributed by atoms with Crippen molar-refractivity contribution in [2.75, 3.05) is 12.3 Å². The van der Waals surface area contributed by atoms with Crippen LogP contribution in [-0.4, -0.2) is 41.1 Å². The molecule has 2 aromatic carbocycles. The summed E-state index contributed by atoms with van der Waals surface area (Å²) in [5, 5.41) is 4.21. The molecule has 2 amide bonds. The monoisotopic (exact) mass is 506 g/mol. The van der Waals surface area contributed by atoms with Crippen LogP contribution in [0.25, 0.3) is 0 Å². The number of thioether (sulfide) groups is 1. The first-order valence-electron chi connectivity index (χ1n) is 11.6. The van der Waals surface area contributed by atoms with Gasteiger partial charge in [0.15, 0.2) is 0 Å². The first kappa shape index (κ1) is 25.9. The first-order valence-corrected chi connectivity index (χ1v) is 13.5. The lowest BCUT2D eigenvalue weighted by atomic mass is 9.95. The molecule has 1 aliphatic rings. The predicted octanol–water partition coefficient (Wildman–Crippen LogP) is 6.14. The zero-order valence-electron chi connectivity index (χ0n) is 19.1. The van der Waals surface area contributed by atoms with E-state index in [1.807, 2.05) is 37.3 Å². The molecule has 0 radical (unpaired) electrons. The number of carbonyl (C=O) groups excluding carboxylic acids is 2. The Labute approximate surface area is 211 Å². The molecule has 2 aromatic rings. The predicted molar refractivity (Wildman–Crippen MR) is 139 cm³/mol. The second-order valence-electron chi connectivity index (χ2n) is 8.58. The molecule has 0 saturated heterocycles. The van der Waals surface area contributed by atoms with Crippen LogP contribution in [0, 0.1) is 0 Å². The van der Waals surface area contributed by atoms with Gasteiger partial charge in [-0.05, 0) is 49.4 Å². The molecule has 0 bridgehead atoms. The molecule has 1 saturated carbocycles. The summed E-state index contributed by atoms with van der Waals surface area (Å²) in [5.74, 6) is 0.869. The Morgan fingerprint density at radius 1 is 1.03 bits per heavy atom. The highest BCUT2D eigenvalue weighted by Crippen LogP contribution is 2.25. The van der Waals surface area contributed by atoms with Crippen LogP contribution >= 0.6 is 35.0 Å². The van der Waals surface area contributed by atoms with Gasteiger partial charge in [-0.3, -0.25) is 9.59 Å². The lowest BCUT2D eigenvalue weighted by Crippen LogP contribution is -2.51. The molecular formula is C26H32Cl2N2O2S. The smallest absolute Gasteiger partial charge is 0.242 e. The third-order valence-electron chi connectivity index (χ3n) is 6.08. The second-order valence-corrected chi connectivity index (χ2v) is 10.4. The van der Waals surface area contributed by atoms with E-state index in [2.05, 4.69) is 17.4 Å². The number of benzene rings is 2. The van der Waals surface area contributed by atoms with E-state index in [1.165, 1.54) is 18.2 Å². The van der Waals surface area contributed by atoms with Crippen LogP contribution in [0.2, 0.25) is 10.0 Å². The van der Waals surface area contributed by atoms with E-state index in [1.54, 1.807) is 11.0 Å². The maximum Gasteiger partial charge on any atom is 0.242 e. The summed E-state index contributed by atoms with van der Waals surface area (Å²) < 4.78 is 0. The van der Waals surface area contributed by atoms with E-state index in [0.717, 1.165) is 36.8 Å². The normalized spacial score (nSPS) is 15.1. The Bertz CT molecular complexity index is 920. The van der Waals surface area contributed by atoms with Gasteiger partial charge >= 0.3 is 0 Å². The van der Waals surface area contributed by atoms with Gasteiger partial charge in [0.05, 0.1) is 15.8 Å². The van der Waals surface area contributed by atoms with Crippen molar-refractivity contribution in [1.82, 2.24) is 10.2 Å². The number of rotatable bonds is 10. The van der Waals surface area contributed by atoms with Crippen molar-refractivity contribution in [3.05, 3.63) is 69.7 Å². The summed E-state index contributed by atoms with van der Waals surface area (Å²) in [7, 11) is 0. The third kappa shape index (κ3) is 8.24. The van der Waals surface area contributed by atoms with Crippen LogP contribution in [0.3, 0.4) is 0 Å². The van der Waals surface area contributed by atoms with E-state index in [-0.39, 0.29) is 17.9 Å². The van der Waals surface area contributed by atoms with Crippen molar-refractivity contribution in [1.29, 1.82) is 0 Å². The van der Waals surface area contributed by atoms with Crippen LogP contribution < -0.4 is 5.32 Å². The molecule has 7 heteroatoms. The van der Waals surface area contributed by atoms with Gasteiger partial charge in [0.25, 0.3) is 0 Å². The number of halogens is 2. The van der Waals surface area contributed by atoms with Crippen molar-refractivity contribution in [3.63, 3.8) is 0 Å². The Morgan fingerprint density at radius 2 is 1.76 bits per heavy atom. The van der Waals surface area contributed by atoms with Crippen LogP contribution in [0.5, 0.6) is 0 Å². The summed E-state index contributed by atoms with van der Waals surface area (Å²) in [4.78, 5) is 27.9. The quantitative estimate of drug-likeness (QED) is 0.421. The van der Waals surface area contributed by atoms with Crippen LogP contribution in [0.1, 0.15) is 50.2 Å². The van der Waals surface area contributed by atoms with Gasteiger partial charge in [0.2, 0.25) is 11.8 Å². The molecule has 3 rings (SSSR count). The molecule has 178 valence electrons. The minimum absolute atomic E-state index is 0.0257. The molecule has 0 aliphatic heterocycles. The van der Waals surface area contributed by atoms with Crippen LogP contribution in [0.4, 0.5) is 0 Å². The highest BCUT2D eigenvalue weighted by molar-refractivity contribution is 7.99. The summed E-state index contributed by atoms with van der Waals surface area (Å²) in [6, 6.07) is 15.3. The molecular weight excluding hydrogens is 475 g/mol. The van der Waals surface area contributed by atoms with Crippen molar-refractivity contribution >= 4 is 46.8 Å². The molecule has 1 fully saturated rings. The zero-order chi connectivity index (χ0) is 23.6. The third-order valence-corrected chi connectivity index (χ3v) is 7.81. The molecule has 0 unspecified atom stereocenters. The zero-order valence-corrected chi connectivity index (χ0v) is 21.4. The number of nitrogens with one attached hydrogen (secondary N) is 1. The van der Waals surface area contributed by atoms with Crippen molar-refractivity contribution in [2.24, 2.45) is 0 Å². The maximum absolute atomic E-state index is 13.2. The molecule has 1 aliphatic carbocycles. The lowest BCUT2D eigenvalue weighted by molar-refractivity contribution is -0.138. The van der Waals surface area contributed by atoms with Crippen LogP contribution in [0.15, 0.2) is 48.5 Å². The van der Waals surface area contributed by atoms with E-state index < -0.39 is 6.04 Å². The Hall–Kier alpha value is -1.69. The topological polar surface area (TPSA) is 49.4 Å². The van der Waals surface area contributed by atoms with Gasteiger partial charge in [0, 0.05) is 18.3 Å². The van der Waals surface area contributed by atoms with E-state index >= 15 is 0 Å². The fraction of sp³-hybridized carbons (Fsp3) is 0.462. The fourth-order valence-electron chi connectivity index (χ4n) is 4.11. The summed E-state index contributed by atoms with van der Waals surface area (Å²) in [5.41, 5.74) is 2.17. The van der Waals surface area contributed by atoms with Crippen LogP contribution in [-0.2, 0) is 21.8 Å². The van der Waals surface area contributed by atoms with Crippen molar-refractivity contribution in [2.45, 2.75) is 63.3 Å². The molecule has 0 heterocycles. The molecule has 33 heavy (non-hydrogen) atoms. The minimum atomic E-state index is -0.506. The number of hydrogen-bond acceptors (Lipinski definition) is 3. The lowest BCUT2D eigenvalue weighted by Gasteiger charge is -2.31. The highest BCUT2D eigenvalue weighted by atomic mass is 35.5. The summed E-state index contributed by atoms with van der Waals surface area (Å²) in [6.07, 6.45) is 6.30. The van der Waals surface area contributed by atoms with Crippen molar-refractivity contribution in [3.8, 4) is 0 Å². The average molecular weight is 508 g/mol. The largest absolute Gasteiger partial charge is 0.352 e. The summed E-state index contributed by atoms with van der Waals surface area (Å²) in [6.45, 7) is 2.35. The number of nitrogens with zero attached hydrogens (tertiary/aromatic N) is 1. The van der Waals surface area contributed by atoms with Gasteiger partial charge in [-0.2, -0.15) is 0 Å². The van der Waals surface area contributed by atoms with E-state index in [0.29, 0.717) is 34.5 Å².